The molecule has 0 bridgehead atoms. The van der Waals surface area contributed by atoms with E-state index in [2.05, 4.69) is 0 Å². The molecule has 0 unspecified atom stereocenters. The van der Waals surface area contributed by atoms with Crippen LogP contribution < -0.4 is 4.74 Å². The van der Waals surface area contributed by atoms with E-state index in [-0.39, 0.29) is 16.4 Å². The van der Waals surface area contributed by atoms with E-state index in [0.29, 0.717) is 5.56 Å². The topological polar surface area (TPSA) is 9.23 Å². The predicted molar refractivity (Wildman–Crippen MR) is 69.5 cm³/mol. The lowest BCUT2D eigenvalue weighted by molar-refractivity contribution is -0.0328. The van der Waals surface area contributed by atoms with Crippen LogP contribution in [0, 0.1) is 18.6 Å². The maximum Gasteiger partial charge on any atom is 0.446 e. The Kier molecular flexibility index (Phi) is 4.41. The Hall–Kier alpha value is -1.76. The number of aryl methyl sites for hydroxylation is 1. The fourth-order valence-corrected chi connectivity index (χ4v) is 2.16. The van der Waals surface area contributed by atoms with Crippen molar-refractivity contribution in [3.8, 4) is 11.5 Å². The van der Waals surface area contributed by atoms with Gasteiger partial charge in [-0.1, -0.05) is 6.07 Å². The Balaban J connectivity index is 2.38. The lowest BCUT2D eigenvalue weighted by Gasteiger charge is -2.14. The molecule has 0 N–H and O–H groups in total. The third-order valence-electron chi connectivity index (χ3n) is 2.50. The van der Waals surface area contributed by atoms with Crippen molar-refractivity contribution in [2.75, 3.05) is 0 Å². The van der Waals surface area contributed by atoms with Crippen molar-refractivity contribution in [2.24, 2.45) is 0 Å². The van der Waals surface area contributed by atoms with Gasteiger partial charge in [0.1, 0.15) is 23.1 Å². The van der Waals surface area contributed by atoms with Gasteiger partial charge in [0.05, 0.1) is 4.90 Å². The molecule has 0 spiro atoms. The van der Waals surface area contributed by atoms with Crippen LogP contribution in [-0.2, 0) is 0 Å². The molecule has 7 heteroatoms. The normalized spacial score (nSPS) is 11.5. The monoisotopic (exact) mass is 320 g/mol. The van der Waals surface area contributed by atoms with Crippen molar-refractivity contribution in [3.63, 3.8) is 0 Å². The highest BCUT2D eigenvalue weighted by Crippen LogP contribution is 2.43. The molecule has 0 amide bonds. The lowest BCUT2D eigenvalue weighted by Crippen LogP contribution is -2.00. The molecular formula is C14H9F5OS. The van der Waals surface area contributed by atoms with Crippen molar-refractivity contribution in [1.29, 1.82) is 0 Å². The molecule has 0 atom stereocenters. The van der Waals surface area contributed by atoms with Crippen LogP contribution in [0.5, 0.6) is 11.5 Å². The first-order valence-corrected chi connectivity index (χ1v) is 6.55. The standard InChI is InChI=1S/C14H9F5OS/c1-8-2-3-9(15)6-11(8)20-12-7-10(16)4-5-13(12)21-14(17,18)19/h2-7H,1H3. The average Bonchev–Trinajstić information content (AvgIpc) is 2.36. The molecule has 0 saturated heterocycles. The zero-order valence-corrected chi connectivity index (χ0v) is 11.5. The zero-order chi connectivity index (χ0) is 15.6. The average molecular weight is 320 g/mol. The van der Waals surface area contributed by atoms with E-state index in [0.717, 1.165) is 24.3 Å². The molecule has 0 fully saturated rings. The first kappa shape index (κ1) is 15.6. The minimum absolute atomic E-state index is 0.0321. The van der Waals surface area contributed by atoms with Gasteiger partial charge in [0.25, 0.3) is 0 Å². The third-order valence-corrected chi connectivity index (χ3v) is 3.29. The van der Waals surface area contributed by atoms with Crippen molar-refractivity contribution in [3.05, 3.63) is 53.6 Å². The molecule has 1 nitrogen and oxygen atoms in total. The summed E-state index contributed by atoms with van der Waals surface area (Å²) in [5, 5.41) is 0. The molecule has 0 aliphatic rings. The number of alkyl halides is 3. The Morgan fingerprint density at radius 2 is 1.48 bits per heavy atom. The SMILES string of the molecule is Cc1ccc(F)cc1Oc1cc(F)ccc1SC(F)(F)F. The van der Waals surface area contributed by atoms with Crippen LogP contribution >= 0.6 is 11.8 Å². The van der Waals surface area contributed by atoms with Gasteiger partial charge in [0.15, 0.2) is 0 Å². The number of rotatable bonds is 3. The molecule has 0 radical (unpaired) electrons. The van der Waals surface area contributed by atoms with Crippen LogP contribution in [0.15, 0.2) is 41.3 Å². The molecular weight excluding hydrogens is 311 g/mol. The Labute approximate surface area is 121 Å². The van der Waals surface area contributed by atoms with E-state index in [4.69, 9.17) is 4.74 Å². The summed E-state index contributed by atoms with van der Waals surface area (Å²) in [5.41, 5.74) is -4.02. The zero-order valence-electron chi connectivity index (χ0n) is 10.7. The van der Waals surface area contributed by atoms with Crippen LogP contribution in [0.1, 0.15) is 5.56 Å². The summed E-state index contributed by atoms with van der Waals surface area (Å²) in [5.74, 6) is -1.63. The molecule has 0 heterocycles. The lowest BCUT2D eigenvalue weighted by atomic mass is 10.2. The van der Waals surface area contributed by atoms with Crippen molar-refractivity contribution in [2.45, 2.75) is 17.3 Å². The van der Waals surface area contributed by atoms with Crippen LogP contribution in [0.4, 0.5) is 22.0 Å². The molecule has 21 heavy (non-hydrogen) atoms. The summed E-state index contributed by atoms with van der Waals surface area (Å²) in [7, 11) is 0. The number of hydrogen-bond acceptors (Lipinski definition) is 2. The highest BCUT2D eigenvalue weighted by Gasteiger charge is 2.31. The van der Waals surface area contributed by atoms with Crippen LogP contribution in [0.25, 0.3) is 0 Å². The van der Waals surface area contributed by atoms with Crippen LogP contribution in [0.2, 0.25) is 0 Å². The Bertz CT molecular complexity index is 654. The molecule has 0 saturated carbocycles. The highest BCUT2D eigenvalue weighted by molar-refractivity contribution is 8.00. The predicted octanol–water partition coefficient (Wildman–Crippen LogP) is 5.68. The first-order chi connectivity index (χ1) is 9.74. The van der Waals surface area contributed by atoms with Crippen molar-refractivity contribution >= 4 is 11.8 Å². The molecule has 2 aromatic carbocycles. The first-order valence-electron chi connectivity index (χ1n) is 5.74. The summed E-state index contributed by atoms with van der Waals surface area (Å²) in [4.78, 5) is -0.299. The molecule has 2 rings (SSSR count). The largest absolute Gasteiger partial charge is 0.456 e. The second kappa shape index (κ2) is 5.93. The van der Waals surface area contributed by atoms with E-state index in [9.17, 15) is 22.0 Å². The van der Waals surface area contributed by atoms with E-state index >= 15 is 0 Å². The summed E-state index contributed by atoms with van der Waals surface area (Å²) in [6.45, 7) is 1.60. The van der Waals surface area contributed by atoms with Gasteiger partial charge in [-0.15, -0.1) is 0 Å². The number of ether oxygens (including phenoxy) is 1. The summed E-state index contributed by atoms with van der Waals surface area (Å²) in [6, 6.07) is 6.34. The van der Waals surface area contributed by atoms with Gasteiger partial charge < -0.3 is 4.74 Å². The number of thioether (sulfide) groups is 1. The number of benzene rings is 2. The second-order valence-electron chi connectivity index (χ2n) is 4.15. The van der Waals surface area contributed by atoms with E-state index in [1.165, 1.54) is 12.1 Å². The number of halogens is 5. The third kappa shape index (κ3) is 4.35. The summed E-state index contributed by atoms with van der Waals surface area (Å²) in [6.07, 6.45) is 0. The van der Waals surface area contributed by atoms with E-state index in [1.54, 1.807) is 6.92 Å². The van der Waals surface area contributed by atoms with E-state index < -0.39 is 28.9 Å². The second-order valence-corrected chi connectivity index (χ2v) is 5.26. The van der Waals surface area contributed by atoms with Crippen LogP contribution in [0.3, 0.4) is 0 Å². The number of hydrogen-bond donors (Lipinski definition) is 0. The molecule has 0 aliphatic heterocycles. The van der Waals surface area contributed by atoms with Crippen LogP contribution in [-0.4, -0.2) is 5.51 Å². The highest BCUT2D eigenvalue weighted by atomic mass is 32.2. The minimum Gasteiger partial charge on any atom is -0.456 e. The molecule has 112 valence electrons. The quantitative estimate of drug-likeness (QED) is 0.532. The molecule has 0 aliphatic carbocycles. The smallest absolute Gasteiger partial charge is 0.446 e. The summed E-state index contributed by atoms with van der Waals surface area (Å²) >= 11 is -0.420. The maximum atomic E-state index is 13.2. The fourth-order valence-electron chi connectivity index (χ4n) is 1.57. The maximum absolute atomic E-state index is 13.2. The van der Waals surface area contributed by atoms with E-state index in [1.807, 2.05) is 0 Å². The van der Waals surface area contributed by atoms with Gasteiger partial charge >= 0.3 is 5.51 Å². The minimum atomic E-state index is -4.53. The van der Waals surface area contributed by atoms with Gasteiger partial charge in [-0.2, -0.15) is 13.2 Å². The summed E-state index contributed by atoms with van der Waals surface area (Å²) < 4.78 is 69.0. The van der Waals surface area contributed by atoms with Gasteiger partial charge in [0.2, 0.25) is 0 Å². The van der Waals surface area contributed by atoms with Gasteiger partial charge in [-0.3, -0.25) is 0 Å². The Morgan fingerprint density at radius 1 is 0.905 bits per heavy atom. The van der Waals surface area contributed by atoms with Gasteiger partial charge in [-0.25, -0.2) is 8.78 Å². The van der Waals surface area contributed by atoms with Gasteiger partial charge in [0, 0.05) is 12.1 Å². The van der Waals surface area contributed by atoms with Gasteiger partial charge in [-0.05, 0) is 42.4 Å². The molecule has 0 aromatic heterocycles. The Morgan fingerprint density at radius 3 is 2.10 bits per heavy atom. The fraction of sp³-hybridized carbons (Fsp3) is 0.143. The molecule has 2 aromatic rings. The van der Waals surface area contributed by atoms with Crippen molar-refractivity contribution < 1.29 is 26.7 Å². The van der Waals surface area contributed by atoms with Crippen molar-refractivity contribution in [1.82, 2.24) is 0 Å².